The van der Waals surface area contributed by atoms with E-state index in [0.717, 1.165) is 17.0 Å². The van der Waals surface area contributed by atoms with Gasteiger partial charge in [-0.3, -0.25) is 19.5 Å². The molecule has 26 heavy (non-hydrogen) atoms. The number of aromatic amines is 1. The molecule has 2 aliphatic rings. The van der Waals surface area contributed by atoms with Gasteiger partial charge in [0.25, 0.3) is 5.91 Å². The maximum atomic E-state index is 12.8. The van der Waals surface area contributed by atoms with Gasteiger partial charge in [-0.15, -0.1) is 0 Å². The molecule has 1 atom stereocenters. The third-order valence-electron chi connectivity index (χ3n) is 4.90. The zero-order valence-electron chi connectivity index (χ0n) is 14.4. The molecule has 4 rings (SSSR count). The maximum absolute atomic E-state index is 12.8. The molecule has 134 valence electrons. The second kappa shape index (κ2) is 6.40. The summed E-state index contributed by atoms with van der Waals surface area (Å²) in [6.45, 7) is 2.54. The SMILES string of the molecule is Cc1cc(COc2cccc3c2CN(C2CCC(=O)CC2=O)C3=O)n[nH]1. The number of amides is 1. The summed E-state index contributed by atoms with van der Waals surface area (Å²) in [5.74, 6) is 0.234. The number of nitrogens with one attached hydrogen (secondary N) is 1. The Morgan fingerprint density at radius 2 is 2.15 bits per heavy atom. The zero-order chi connectivity index (χ0) is 18.3. The Balaban J connectivity index is 1.54. The van der Waals surface area contributed by atoms with Crippen molar-refractivity contribution in [2.75, 3.05) is 0 Å². The number of nitrogens with zero attached hydrogens (tertiary/aromatic N) is 2. The minimum atomic E-state index is -0.519. The first-order valence-electron chi connectivity index (χ1n) is 8.64. The van der Waals surface area contributed by atoms with E-state index in [0.29, 0.717) is 37.3 Å². The summed E-state index contributed by atoms with van der Waals surface area (Å²) in [4.78, 5) is 38.0. The van der Waals surface area contributed by atoms with Crippen molar-refractivity contribution < 1.29 is 19.1 Å². The summed E-state index contributed by atoms with van der Waals surface area (Å²) in [7, 11) is 0. The average molecular weight is 353 g/mol. The lowest BCUT2D eigenvalue weighted by Gasteiger charge is -2.29. The van der Waals surface area contributed by atoms with Crippen LogP contribution in [-0.2, 0) is 22.7 Å². The molecule has 1 unspecified atom stereocenters. The number of fused-ring (bicyclic) bond motifs is 1. The number of benzene rings is 1. The molecule has 1 aliphatic carbocycles. The Morgan fingerprint density at radius 3 is 2.88 bits per heavy atom. The first kappa shape index (κ1) is 16.5. The number of hydrogen-bond acceptors (Lipinski definition) is 5. The molecule has 2 aromatic rings. The topological polar surface area (TPSA) is 92.4 Å². The van der Waals surface area contributed by atoms with Crippen LogP contribution in [0.5, 0.6) is 5.75 Å². The largest absolute Gasteiger partial charge is 0.487 e. The molecule has 0 radical (unpaired) electrons. The smallest absolute Gasteiger partial charge is 0.255 e. The molecule has 1 N–H and O–H groups in total. The lowest BCUT2D eigenvalue weighted by molar-refractivity contribution is -0.133. The summed E-state index contributed by atoms with van der Waals surface area (Å²) in [6, 6.07) is 6.73. The highest BCUT2D eigenvalue weighted by Gasteiger charge is 2.39. The first-order valence-corrected chi connectivity index (χ1v) is 8.64. The van der Waals surface area contributed by atoms with E-state index in [1.165, 1.54) is 0 Å². The Morgan fingerprint density at radius 1 is 1.31 bits per heavy atom. The number of H-pyrrole nitrogens is 1. The molecular weight excluding hydrogens is 334 g/mol. The van der Waals surface area contributed by atoms with E-state index in [2.05, 4.69) is 10.2 Å². The van der Waals surface area contributed by atoms with Crippen molar-refractivity contribution in [1.29, 1.82) is 0 Å². The van der Waals surface area contributed by atoms with E-state index in [9.17, 15) is 14.4 Å². The minimum Gasteiger partial charge on any atom is -0.487 e. The van der Waals surface area contributed by atoms with Gasteiger partial charge in [-0.2, -0.15) is 5.10 Å². The molecule has 0 bridgehead atoms. The average Bonchev–Trinajstić information content (AvgIpc) is 3.17. The van der Waals surface area contributed by atoms with Crippen molar-refractivity contribution in [2.24, 2.45) is 0 Å². The van der Waals surface area contributed by atoms with Crippen molar-refractivity contribution in [2.45, 2.75) is 45.4 Å². The van der Waals surface area contributed by atoms with Gasteiger partial charge >= 0.3 is 0 Å². The molecule has 1 aliphatic heterocycles. The van der Waals surface area contributed by atoms with Gasteiger partial charge in [0, 0.05) is 23.2 Å². The van der Waals surface area contributed by atoms with Crippen molar-refractivity contribution >= 4 is 17.5 Å². The number of ether oxygens (including phenoxy) is 1. The minimum absolute atomic E-state index is 0.0475. The van der Waals surface area contributed by atoms with Gasteiger partial charge in [-0.1, -0.05) is 6.07 Å². The second-order valence-electron chi connectivity index (χ2n) is 6.78. The molecule has 1 saturated carbocycles. The molecule has 0 saturated heterocycles. The molecule has 7 heteroatoms. The van der Waals surface area contributed by atoms with E-state index >= 15 is 0 Å². The van der Waals surface area contributed by atoms with Crippen LogP contribution in [0.1, 0.15) is 46.6 Å². The summed E-state index contributed by atoms with van der Waals surface area (Å²) >= 11 is 0. The van der Waals surface area contributed by atoms with Crippen molar-refractivity contribution in [3.8, 4) is 5.75 Å². The highest BCUT2D eigenvalue weighted by molar-refractivity contribution is 6.07. The lowest BCUT2D eigenvalue weighted by atomic mass is 9.92. The predicted molar refractivity (Wildman–Crippen MR) is 91.6 cm³/mol. The van der Waals surface area contributed by atoms with Gasteiger partial charge in [-0.25, -0.2) is 0 Å². The molecule has 7 nitrogen and oxygen atoms in total. The number of carbonyl (C=O) groups excluding carboxylic acids is 3. The van der Waals surface area contributed by atoms with E-state index in [4.69, 9.17) is 4.74 Å². The van der Waals surface area contributed by atoms with Gasteiger partial charge in [0.1, 0.15) is 18.1 Å². The van der Waals surface area contributed by atoms with Crippen LogP contribution in [0.15, 0.2) is 24.3 Å². The summed E-state index contributed by atoms with van der Waals surface area (Å²) in [6.07, 6.45) is 0.672. The van der Waals surface area contributed by atoms with E-state index in [1.54, 1.807) is 17.0 Å². The normalized spacial score (nSPS) is 19.8. The Bertz CT molecular complexity index is 902. The quantitative estimate of drug-likeness (QED) is 0.848. The van der Waals surface area contributed by atoms with Crippen LogP contribution in [0.2, 0.25) is 0 Å². The number of hydrogen-bond donors (Lipinski definition) is 1. The fourth-order valence-corrected chi connectivity index (χ4v) is 3.60. The van der Waals surface area contributed by atoms with Crippen LogP contribution in [0.3, 0.4) is 0 Å². The number of Topliss-reactive ketones (excluding diaryl/α,β-unsaturated/α-hetero) is 2. The number of carbonyl (C=O) groups is 3. The van der Waals surface area contributed by atoms with Gasteiger partial charge < -0.3 is 9.64 Å². The lowest BCUT2D eigenvalue weighted by Crippen LogP contribution is -2.44. The predicted octanol–water partition coefficient (Wildman–Crippen LogP) is 1.94. The first-order chi connectivity index (χ1) is 12.5. The molecule has 2 heterocycles. The van der Waals surface area contributed by atoms with Crippen LogP contribution in [0.25, 0.3) is 0 Å². The van der Waals surface area contributed by atoms with Crippen molar-refractivity contribution in [1.82, 2.24) is 15.1 Å². The van der Waals surface area contributed by atoms with Gasteiger partial charge in [0.2, 0.25) is 0 Å². The van der Waals surface area contributed by atoms with Crippen LogP contribution < -0.4 is 4.74 Å². The fourth-order valence-electron chi connectivity index (χ4n) is 3.60. The molecule has 1 fully saturated rings. The van der Waals surface area contributed by atoms with Crippen LogP contribution in [0, 0.1) is 6.92 Å². The standard InChI is InChI=1S/C19H19N3O4/c1-11-7-12(21-20-11)10-26-18-4-2-3-14-15(18)9-22(19(14)25)16-6-5-13(23)8-17(16)24/h2-4,7,16H,5-6,8-10H2,1H3,(H,20,21). The number of aromatic nitrogens is 2. The highest BCUT2D eigenvalue weighted by atomic mass is 16.5. The number of ketones is 2. The monoisotopic (exact) mass is 353 g/mol. The van der Waals surface area contributed by atoms with E-state index < -0.39 is 6.04 Å². The molecular formula is C19H19N3O4. The zero-order valence-corrected chi connectivity index (χ0v) is 14.4. The van der Waals surface area contributed by atoms with Gasteiger partial charge in [-0.05, 0) is 31.5 Å². The number of rotatable bonds is 4. The van der Waals surface area contributed by atoms with Crippen molar-refractivity contribution in [3.05, 3.63) is 46.8 Å². The Labute approximate surface area is 150 Å². The Kier molecular flexibility index (Phi) is 4.06. The second-order valence-corrected chi connectivity index (χ2v) is 6.78. The van der Waals surface area contributed by atoms with E-state index in [-0.39, 0.29) is 23.9 Å². The van der Waals surface area contributed by atoms with Crippen LogP contribution in [-0.4, -0.2) is 38.6 Å². The Hall–Kier alpha value is -2.96. The van der Waals surface area contributed by atoms with Gasteiger partial charge in [0.15, 0.2) is 5.78 Å². The molecule has 1 aromatic heterocycles. The number of aryl methyl sites for hydroxylation is 1. The van der Waals surface area contributed by atoms with E-state index in [1.807, 2.05) is 19.1 Å². The highest BCUT2D eigenvalue weighted by Crippen LogP contribution is 2.34. The fraction of sp³-hybridized carbons (Fsp3) is 0.368. The molecule has 1 aromatic carbocycles. The summed E-state index contributed by atoms with van der Waals surface area (Å²) < 4.78 is 5.88. The summed E-state index contributed by atoms with van der Waals surface area (Å²) in [5, 5.41) is 7.01. The summed E-state index contributed by atoms with van der Waals surface area (Å²) in [5.41, 5.74) is 3.08. The maximum Gasteiger partial charge on any atom is 0.255 e. The third-order valence-corrected chi connectivity index (χ3v) is 4.90. The van der Waals surface area contributed by atoms with Gasteiger partial charge in [0.05, 0.1) is 24.7 Å². The third kappa shape index (κ3) is 2.89. The van der Waals surface area contributed by atoms with Crippen molar-refractivity contribution in [3.63, 3.8) is 0 Å². The molecule has 0 spiro atoms. The molecule has 1 amide bonds. The van der Waals surface area contributed by atoms with Crippen LogP contribution >= 0.6 is 0 Å². The van der Waals surface area contributed by atoms with Crippen LogP contribution in [0.4, 0.5) is 0 Å².